The molecule has 0 saturated carbocycles. The van der Waals surface area contributed by atoms with Crippen molar-refractivity contribution in [2.45, 2.75) is 24.4 Å². The number of nitrogens with one attached hydrogen (secondary N) is 2. The van der Waals surface area contributed by atoms with Crippen molar-refractivity contribution in [3.05, 3.63) is 16.2 Å². The van der Waals surface area contributed by atoms with Gasteiger partial charge in [-0.1, -0.05) is 0 Å². The van der Waals surface area contributed by atoms with Crippen LogP contribution in [0.2, 0.25) is 0 Å². The summed E-state index contributed by atoms with van der Waals surface area (Å²) in [5.74, 6) is -0.186. The molecule has 0 spiro atoms. The van der Waals surface area contributed by atoms with Crippen LogP contribution < -0.4 is 11.1 Å². The van der Waals surface area contributed by atoms with E-state index in [2.05, 4.69) is 19.9 Å². The number of aliphatic hydroxyl groups excluding tert-OH is 3. The molecule has 1 fully saturated rings. The summed E-state index contributed by atoms with van der Waals surface area (Å²) in [5, 5.41) is 28.7. The van der Waals surface area contributed by atoms with Crippen molar-refractivity contribution in [2.75, 3.05) is 6.61 Å². The summed E-state index contributed by atoms with van der Waals surface area (Å²) in [4.78, 5) is 42.0. The van der Waals surface area contributed by atoms with Crippen LogP contribution in [0.15, 0.2) is 4.79 Å². The number of hydrogen-bond donors (Lipinski definition) is 7. The number of aromatic nitrogens is 4. The van der Waals surface area contributed by atoms with E-state index in [-0.39, 0.29) is 17.0 Å². The van der Waals surface area contributed by atoms with Crippen LogP contribution in [-0.2, 0) is 9.30 Å². The molecule has 12 nitrogen and oxygen atoms in total. The monoisotopic (exact) mass is 348 g/mol. The Morgan fingerprint density at radius 2 is 1.87 bits per heavy atom. The summed E-state index contributed by atoms with van der Waals surface area (Å²) in [5.41, 5.74) is -2.03. The first-order valence-corrected chi connectivity index (χ1v) is 8.02. The average molecular weight is 348 g/mol. The van der Waals surface area contributed by atoms with Gasteiger partial charge >= 0.3 is 7.60 Å². The van der Waals surface area contributed by atoms with Crippen molar-refractivity contribution in [2.24, 2.45) is 0 Å². The van der Waals surface area contributed by atoms with E-state index in [1.54, 1.807) is 0 Å². The van der Waals surface area contributed by atoms with Crippen LogP contribution in [0.25, 0.3) is 11.2 Å². The molecule has 23 heavy (non-hydrogen) atoms. The van der Waals surface area contributed by atoms with Crippen molar-refractivity contribution in [3.63, 3.8) is 0 Å². The summed E-state index contributed by atoms with van der Waals surface area (Å²) in [6, 6.07) is 0. The highest BCUT2D eigenvalue weighted by atomic mass is 31.2. The minimum atomic E-state index is -4.70. The van der Waals surface area contributed by atoms with E-state index < -0.39 is 49.7 Å². The molecule has 1 saturated heterocycles. The second kappa shape index (κ2) is 5.46. The lowest BCUT2D eigenvalue weighted by molar-refractivity contribution is -0.0252. The summed E-state index contributed by atoms with van der Waals surface area (Å²) >= 11 is 0. The summed E-state index contributed by atoms with van der Waals surface area (Å²) in [7, 11) is -4.70. The highest BCUT2D eigenvalue weighted by Gasteiger charge is 2.44. The maximum atomic E-state index is 12.0. The molecule has 2 aromatic rings. The second-order valence-corrected chi connectivity index (χ2v) is 6.52. The molecule has 7 N–H and O–H groups in total. The molecule has 4 atom stereocenters. The minimum absolute atomic E-state index is 0.186. The fourth-order valence-corrected chi connectivity index (χ4v) is 2.79. The normalized spacial score (nSPS) is 28.6. The molecule has 0 amide bonds. The third-order valence-electron chi connectivity index (χ3n) is 3.46. The van der Waals surface area contributed by atoms with Gasteiger partial charge in [0, 0.05) is 0 Å². The largest absolute Gasteiger partial charge is 0.394 e. The smallest absolute Gasteiger partial charge is 0.391 e. The molecule has 3 heterocycles. The molecule has 126 valence electrons. The van der Waals surface area contributed by atoms with E-state index in [9.17, 15) is 19.6 Å². The number of fused-ring (bicyclic) bond motifs is 1. The van der Waals surface area contributed by atoms with Gasteiger partial charge in [0.05, 0.1) is 6.61 Å². The number of aromatic amines is 2. The van der Waals surface area contributed by atoms with Gasteiger partial charge in [0.15, 0.2) is 11.2 Å². The van der Waals surface area contributed by atoms with E-state index >= 15 is 0 Å². The van der Waals surface area contributed by atoms with Crippen LogP contribution in [0.4, 0.5) is 0 Å². The number of nitrogens with zero attached hydrogens (tertiary/aromatic N) is 2. The Kier molecular flexibility index (Phi) is 3.84. The van der Waals surface area contributed by atoms with Crippen molar-refractivity contribution < 1.29 is 34.4 Å². The highest BCUT2D eigenvalue weighted by Crippen LogP contribution is 2.33. The van der Waals surface area contributed by atoms with E-state index in [1.807, 2.05) is 0 Å². The highest BCUT2D eigenvalue weighted by molar-refractivity contribution is 7.59. The predicted molar refractivity (Wildman–Crippen MR) is 72.9 cm³/mol. The first-order valence-electron chi connectivity index (χ1n) is 6.41. The molecule has 1 aliphatic rings. The van der Waals surface area contributed by atoms with Gasteiger partial charge < -0.3 is 39.8 Å². The molecule has 1 aliphatic heterocycles. The van der Waals surface area contributed by atoms with E-state index in [0.29, 0.717) is 0 Å². The summed E-state index contributed by atoms with van der Waals surface area (Å²) in [6.07, 6.45) is -5.11. The van der Waals surface area contributed by atoms with Gasteiger partial charge in [0.1, 0.15) is 30.2 Å². The number of aliphatic hydroxyl groups is 3. The molecule has 3 rings (SSSR count). The Bertz CT molecular complexity index is 843. The third kappa shape index (κ3) is 2.70. The first-order chi connectivity index (χ1) is 10.7. The van der Waals surface area contributed by atoms with Gasteiger partial charge in [0.25, 0.3) is 5.56 Å². The Morgan fingerprint density at radius 3 is 2.43 bits per heavy atom. The first kappa shape index (κ1) is 16.2. The maximum Gasteiger partial charge on any atom is 0.391 e. The van der Waals surface area contributed by atoms with Crippen LogP contribution in [-0.4, -0.2) is 70.0 Å². The van der Waals surface area contributed by atoms with Crippen LogP contribution in [0, 0.1) is 0 Å². The topological polar surface area (TPSA) is 202 Å². The standard InChI is InChI=1S/C10H13N4O8P/c15-1-2-4(16)5(17)6(22-2)8-12-7-3(9(18)13-8)11-10(14-7)23(19,20)21/h2,4-6,15-17H,1H2,(H2,19,20,21)(H2,11,12,13,14,18)/t2-,4-,5-,6?/m1/s1. The van der Waals surface area contributed by atoms with Gasteiger partial charge in [-0.3, -0.25) is 9.36 Å². The summed E-state index contributed by atoms with van der Waals surface area (Å²) in [6.45, 7) is -0.550. The zero-order chi connectivity index (χ0) is 16.9. The molecule has 0 aromatic carbocycles. The molecule has 0 bridgehead atoms. The quantitative estimate of drug-likeness (QED) is 0.274. The van der Waals surface area contributed by atoms with Gasteiger partial charge in [-0.25, -0.2) is 9.97 Å². The number of ether oxygens (including phenoxy) is 1. The molecule has 2 aromatic heterocycles. The Morgan fingerprint density at radius 1 is 1.17 bits per heavy atom. The van der Waals surface area contributed by atoms with E-state index in [4.69, 9.17) is 19.6 Å². The number of imidazole rings is 1. The van der Waals surface area contributed by atoms with Crippen LogP contribution in [0.5, 0.6) is 0 Å². The Balaban J connectivity index is 2.07. The lowest BCUT2D eigenvalue weighted by atomic mass is 10.1. The number of hydrogen-bond acceptors (Lipinski definition) is 8. The third-order valence-corrected chi connectivity index (χ3v) is 4.22. The lowest BCUT2D eigenvalue weighted by Gasteiger charge is -2.13. The Labute approximate surface area is 127 Å². The van der Waals surface area contributed by atoms with Gasteiger partial charge in [0.2, 0.25) is 5.57 Å². The Hall–Kier alpha value is -1.66. The molecule has 13 heteroatoms. The molecule has 1 unspecified atom stereocenters. The van der Waals surface area contributed by atoms with Crippen molar-refractivity contribution in [1.29, 1.82) is 0 Å². The van der Waals surface area contributed by atoms with Crippen molar-refractivity contribution >= 4 is 24.3 Å². The van der Waals surface area contributed by atoms with Crippen LogP contribution in [0.3, 0.4) is 0 Å². The molecule has 0 aliphatic carbocycles. The van der Waals surface area contributed by atoms with Crippen LogP contribution >= 0.6 is 7.60 Å². The van der Waals surface area contributed by atoms with E-state index in [0.717, 1.165) is 0 Å². The molecule has 0 radical (unpaired) electrons. The van der Waals surface area contributed by atoms with Crippen molar-refractivity contribution in [3.8, 4) is 0 Å². The minimum Gasteiger partial charge on any atom is -0.394 e. The van der Waals surface area contributed by atoms with Gasteiger partial charge in [-0.15, -0.1) is 0 Å². The fourth-order valence-electron chi connectivity index (χ4n) is 2.31. The lowest BCUT2D eigenvalue weighted by Crippen LogP contribution is -2.32. The molecular weight excluding hydrogens is 335 g/mol. The van der Waals surface area contributed by atoms with Crippen LogP contribution in [0.1, 0.15) is 11.9 Å². The summed E-state index contributed by atoms with van der Waals surface area (Å²) < 4.78 is 16.4. The predicted octanol–water partition coefficient (Wildman–Crippen LogP) is -3.40. The number of rotatable bonds is 3. The van der Waals surface area contributed by atoms with E-state index in [1.165, 1.54) is 0 Å². The zero-order valence-corrected chi connectivity index (χ0v) is 12.2. The van der Waals surface area contributed by atoms with Gasteiger partial charge in [-0.05, 0) is 0 Å². The maximum absolute atomic E-state index is 12.0. The van der Waals surface area contributed by atoms with Crippen molar-refractivity contribution in [1.82, 2.24) is 19.9 Å². The second-order valence-electron chi connectivity index (χ2n) is 5.01. The fraction of sp³-hybridized carbons (Fsp3) is 0.500. The SMILES string of the molecule is O=c1[nH]c(C2O[C@H](CO)[C@@H](O)[C@H]2O)nc2nc(P(=O)(O)O)[nH]c12. The average Bonchev–Trinajstić information content (AvgIpc) is 3.02. The molecular formula is C10H13N4O8P. The number of H-pyrrole nitrogens is 2. The van der Waals surface area contributed by atoms with Gasteiger partial charge in [-0.2, -0.15) is 0 Å². The zero-order valence-electron chi connectivity index (χ0n) is 11.3.